The van der Waals surface area contributed by atoms with E-state index in [0.717, 1.165) is 0 Å². The minimum Gasteiger partial charge on any atom is -0.481 e. The number of hydrogen-bond donors (Lipinski definition) is 3. The van der Waals surface area contributed by atoms with Gasteiger partial charge in [-0.3, -0.25) is 14.4 Å². The molecule has 1 aliphatic carbocycles. The van der Waals surface area contributed by atoms with Gasteiger partial charge in [-0.15, -0.1) is 0 Å². The Kier molecular flexibility index (Phi) is 4.69. The second-order valence-corrected chi connectivity index (χ2v) is 5.46. The monoisotopic (exact) mass is 268 g/mol. The summed E-state index contributed by atoms with van der Waals surface area (Å²) in [5, 5.41) is 11.7. The van der Waals surface area contributed by atoms with E-state index in [4.69, 9.17) is 10.8 Å². The average Bonchev–Trinajstić information content (AvgIpc) is 2.35. The number of carbonyl (C=O) groups excluding carboxylic acids is 2. The first kappa shape index (κ1) is 15.2. The van der Waals surface area contributed by atoms with Crippen LogP contribution in [-0.4, -0.2) is 29.4 Å². The molecular formula is C13H20N2O4. The molecule has 106 valence electrons. The molecule has 6 heteroatoms. The third kappa shape index (κ3) is 3.81. The Morgan fingerprint density at radius 1 is 1.26 bits per heavy atom. The number of carbonyl (C=O) groups is 3. The predicted octanol–water partition coefficient (Wildman–Crippen LogP) is 0.281. The first-order valence-corrected chi connectivity index (χ1v) is 6.21. The Balaban J connectivity index is 2.64. The van der Waals surface area contributed by atoms with E-state index in [1.54, 1.807) is 19.9 Å². The number of allylic oxidation sites excluding steroid dienone is 2. The number of carboxylic acid groups (broad SMARTS) is 1. The van der Waals surface area contributed by atoms with Gasteiger partial charge in [0.25, 0.3) is 0 Å². The summed E-state index contributed by atoms with van der Waals surface area (Å²) in [4.78, 5) is 34.3. The van der Waals surface area contributed by atoms with Crippen LogP contribution in [0.4, 0.5) is 0 Å². The smallest absolute Gasteiger partial charge is 0.307 e. The molecule has 6 nitrogen and oxygen atoms in total. The molecule has 0 bridgehead atoms. The van der Waals surface area contributed by atoms with Crippen molar-refractivity contribution in [3.05, 3.63) is 12.2 Å². The summed E-state index contributed by atoms with van der Waals surface area (Å²) in [7, 11) is 0. The number of aliphatic carboxylic acids is 1. The minimum atomic E-state index is -0.973. The lowest BCUT2D eigenvalue weighted by Gasteiger charge is -2.27. The molecule has 1 aliphatic rings. The van der Waals surface area contributed by atoms with Crippen molar-refractivity contribution in [2.75, 3.05) is 6.54 Å². The van der Waals surface area contributed by atoms with Crippen molar-refractivity contribution in [3.63, 3.8) is 0 Å². The Hall–Kier alpha value is -1.85. The zero-order chi connectivity index (χ0) is 14.6. The van der Waals surface area contributed by atoms with Gasteiger partial charge in [-0.25, -0.2) is 0 Å². The van der Waals surface area contributed by atoms with E-state index in [-0.39, 0.29) is 12.5 Å². The summed E-state index contributed by atoms with van der Waals surface area (Å²) in [6, 6.07) is 0. The van der Waals surface area contributed by atoms with Crippen LogP contribution in [0.5, 0.6) is 0 Å². The molecule has 4 N–H and O–H groups in total. The van der Waals surface area contributed by atoms with E-state index in [9.17, 15) is 14.4 Å². The van der Waals surface area contributed by atoms with Crippen molar-refractivity contribution in [2.45, 2.75) is 26.7 Å². The van der Waals surface area contributed by atoms with Crippen LogP contribution in [0.15, 0.2) is 12.2 Å². The van der Waals surface area contributed by atoms with Crippen molar-refractivity contribution in [3.8, 4) is 0 Å². The van der Waals surface area contributed by atoms with Crippen LogP contribution in [0.2, 0.25) is 0 Å². The molecule has 0 radical (unpaired) electrons. The lowest BCUT2D eigenvalue weighted by atomic mass is 9.82. The lowest BCUT2D eigenvalue weighted by molar-refractivity contribution is -0.147. The van der Waals surface area contributed by atoms with Crippen LogP contribution in [0, 0.1) is 17.3 Å². The fourth-order valence-electron chi connectivity index (χ4n) is 1.90. The number of rotatable bonds is 5. The van der Waals surface area contributed by atoms with Crippen molar-refractivity contribution < 1.29 is 19.5 Å². The zero-order valence-electron chi connectivity index (χ0n) is 11.2. The number of nitrogens with two attached hydrogens (primary N) is 1. The topological polar surface area (TPSA) is 109 Å². The number of nitrogens with one attached hydrogen (secondary N) is 1. The number of carboxylic acids is 1. The molecule has 0 fully saturated rings. The van der Waals surface area contributed by atoms with Gasteiger partial charge in [0.05, 0.1) is 17.3 Å². The molecule has 0 aliphatic heterocycles. The highest BCUT2D eigenvalue weighted by Gasteiger charge is 2.35. The normalized spacial score (nSPS) is 22.8. The van der Waals surface area contributed by atoms with Gasteiger partial charge in [-0.05, 0) is 26.7 Å². The molecule has 19 heavy (non-hydrogen) atoms. The van der Waals surface area contributed by atoms with Gasteiger partial charge in [0.2, 0.25) is 11.8 Å². The van der Waals surface area contributed by atoms with E-state index in [1.807, 2.05) is 6.08 Å². The summed E-state index contributed by atoms with van der Waals surface area (Å²) < 4.78 is 0. The number of hydrogen-bond acceptors (Lipinski definition) is 3. The van der Waals surface area contributed by atoms with Crippen LogP contribution < -0.4 is 11.1 Å². The lowest BCUT2D eigenvalue weighted by Crippen LogP contribution is -2.46. The van der Waals surface area contributed by atoms with E-state index < -0.39 is 29.1 Å². The van der Waals surface area contributed by atoms with E-state index in [0.29, 0.717) is 12.8 Å². The van der Waals surface area contributed by atoms with Crippen LogP contribution in [0.3, 0.4) is 0 Å². The second-order valence-electron chi connectivity index (χ2n) is 5.46. The summed E-state index contributed by atoms with van der Waals surface area (Å²) >= 11 is 0. The average molecular weight is 268 g/mol. The minimum absolute atomic E-state index is 0.105. The van der Waals surface area contributed by atoms with Gasteiger partial charge in [0.15, 0.2) is 0 Å². The molecule has 0 aromatic heterocycles. The van der Waals surface area contributed by atoms with Crippen LogP contribution in [-0.2, 0) is 14.4 Å². The molecular weight excluding hydrogens is 248 g/mol. The first-order valence-electron chi connectivity index (χ1n) is 6.21. The van der Waals surface area contributed by atoms with Crippen LogP contribution in [0.1, 0.15) is 26.7 Å². The van der Waals surface area contributed by atoms with E-state index >= 15 is 0 Å². The maximum absolute atomic E-state index is 12.0. The van der Waals surface area contributed by atoms with Gasteiger partial charge in [0, 0.05) is 6.54 Å². The number of amides is 2. The van der Waals surface area contributed by atoms with Gasteiger partial charge in [-0.1, -0.05) is 12.2 Å². The molecule has 1 rings (SSSR count). The Labute approximate surface area is 112 Å². The van der Waals surface area contributed by atoms with Crippen molar-refractivity contribution in [1.29, 1.82) is 0 Å². The van der Waals surface area contributed by atoms with Crippen molar-refractivity contribution >= 4 is 17.8 Å². The molecule has 0 spiro atoms. The van der Waals surface area contributed by atoms with Gasteiger partial charge < -0.3 is 16.2 Å². The third-order valence-electron chi connectivity index (χ3n) is 3.46. The SMILES string of the molecule is CC(C)(CNC(=O)[C@@H]1CC=CC[C@@H]1C(=O)O)C(N)=O. The molecule has 0 saturated heterocycles. The molecule has 2 amide bonds. The fraction of sp³-hybridized carbons (Fsp3) is 0.615. The Bertz CT molecular complexity index is 415. The standard InChI is InChI=1S/C13H20N2O4/c1-13(2,12(14)19)7-15-10(16)8-5-3-4-6-9(8)11(17)18/h3-4,8-9H,5-7H2,1-2H3,(H2,14,19)(H,15,16)(H,17,18)/t8-,9+/m1/s1. The van der Waals surface area contributed by atoms with Gasteiger partial charge >= 0.3 is 5.97 Å². The van der Waals surface area contributed by atoms with Crippen LogP contribution in [0.25, 0.3) is 0 Å². The molecule has 0 aromatic carbocycles. The van der Waals surface area contributed by atoms with Crippen molar-refractivity contribution in [2.24, 2.45) is 23.0 Å². The predicted molar refractivity (Wildman–Crippen MR) is 69.0 cm³/mol. The highest BCUT2D eigenvalue weighted by molar-refractivity contribution is 5.86. The highest BCUT2D eigenvalue weighted by atomic mass is 16.4. The van der Waals surface area contributed by atoms with Crippen LogP contribution >= 0.6 is 0 Å². The molecule has 0 aromatic rings. The summed E-state index contributed by atoms with van der Waals surface area (Å²) in [5.41, 5.74) is 4.37. The fourth-order valence-corrected chi connectivity index (χ4v) is 1.90. The maximum Gasteiger partial charge on any atom is 0.307 e. The summed E-state index contributed by atoms with van der Waals surface area (Å²) in [5.74, 6) is -3.12. The van der Waals surface area contributed by atoms with E-state index in [1.165, 1.54) is 0 Å². The molecule has 2 atom stereocenters. The zero-order valence-corrected chi connectivity index (χ0v) is 11.2. The summed E-state index contributed by atoms with van der Waals surface area (Å²) in [6.07, 6.45) is 4.34. The first-order chi connectivity index (χ1) is 8.75. The van der Waals surface area contributed by atoms with Gasteiger partial charge in [0.1, 0.15) is 0 Å². The molecule has 0 heterocycles. The molecule has 0 saturated carbocycles. The third-order valence-corrected chi connectivity index (χ3v) is 3.46. The second kappa shape index (κ2) is 5.86. The quantitative estimate of drug-likeness (QED) is 0.622. The Morgan fingerprint density at radius 2 is 1.79 bits per heavy atom. The maximum atomic E-state index is 12.0. The largest absolute Gasteiger partial charge is 0.481 e. The Morgan fingerprint density at radius 3 is 2.26 bits per heavy atom. The molecule has 0 unspecified atom stereocenters. The number of primary amides is 1. The highest BCUT2D eigenvalue weighted by Crippen LogP contribution is 2.26. The van der Waals surface area contributed by atoms with Crippen molar-refractivity contribution in [1.82, 2.24) is 5.32 Å². The van der Waals surface area contributed by atoms with E-state index in [2.05, 4.69) is 5.32 Å². The summed E-state index contributed by atoms with van der Waals surface area (Å²) in [6.45, 7) is 3.36. The van der Waals surface area contributed by atoms with Gasteiger partial charge in [-0.2, -0.15) is 0 Å².